The molecule has 1 aromatic heterocycles. The van der Waals surface area contributed by atoms with Gasteiger partial charge in [-0.05, 0) is 19.4 Å². The SMILES string of the molecule is CCCn1ccnc1CNC(C)c1ccc(F)cc1F. The highest BCUT2D eigenvalue weighted by molar-refractivity contribution is 5.21. The molecule has 0 aliphatic rings. The van der Waals surface area contributed by atoms with E-state index in [1.807, 2.05) is 13.1 Å². The van der Waals surface area contributed by atoms with Gasteiger partial charge in [0.25, 0.3) is 0 Å². The Bertz CT molecular complexity index is 566. The lowest BCUT2D eigenvalue weighted by Crippen LogP contribution is -2.21. The van der Waals surface area contributed by atoms with Crippen molar-refractivity contribution in [1.29, 1.82) is 0 Å². The summed E-state index contributed by atoms with van der Waals surface area (Å²) in [6.07, 6.45) is 4.73. The lowest BCUT2D eigenvalue weighted by atomic mass is 10.1. The van der Waals surface area contributed by atoms with Gasteiger partial charge in [-0.15, -0.1) is 0 Å². The van der Waals surface area contributed by atoms with E-state index in [-0.39, 0.29) is 6.04 Å². The van der Waals surface area contributed by atoms with Gasteiger partial charge in [0.2, 0.25) is 0 Å². The fourth-order valence-corrected chi connectivity index (χ4v) is 2.16. The van der Waals surface area contributed by atoms with Gasteiger partial charge in [-0.1, -0.05) is 13.0 Å². The molecule has 1 N–H and O–H groups in total. The van der Waals surface area contributed by atoms with Gasteiger partial charge in [-0.2, -0.15) is 0 Å². The molecule has 1 aromatic carbocycles. The summed E-state index contributed by atoms with van der Waals surface area (Å²) < 4.78 is 28.6. The maximum atomic E-state index is 13.7. The Labute approximate surface area is 117 Å². The molecule has 0 spiro atoms. The summed E-state index contributed by atoms with van der Waals surface area (Å²) in [6.45, 7) is 5.42. The summed E-state index contributed by atoms with van der Waals surface area (Å²) in [7, 11) is 0. The van der Waals surface area contributed by atoms with E-state index in [9.17, 15) is 8.78 Å². The van der Waals surface area contributed by atoms with Crippen molar-refractivity contribution in [3.8, 4) is 0 Å². The number of aryl methyl sites for hydroxylation is 1. The van der Waals surface area contributed by atoms with E-state index in [0.717, 1.165) is 24.9 Å². The van der Waals surface area contributed by atoms with Gasteiger partial charge in [-0.25, -0.2) is 13.8 Å². The van der Waals surface area contributed by atoms with Crippen LogP contribution in [0.25, 0.3) is 0 Å². The van der Waals surface area contributed by atoms with Crippen molar-refractivity contribution in [2.24, 2.45) is 0 Å². The van der Waals surface area contributed by atoms with E-state index in [2.05, 4.69) is 21.8 Å². The van der Waals surface area contributed by atoms with Gasteiger partial charge in [0, 0.05) is 36.6 Å². The minimum atomic E-state index is -0.558. The van der Waals surface area contributed by atoms with Crippen LogP contribution in [0.2, 0.25) is 0 Å². The number of aromatic nitrogens is 2. The molecule has 3 nitrogen and oxygen atoms in total. The topological polar surface area (TPSA) is 29.9 Å². The van der Waals surface area contributed by atoms with Crippen LogP contribution in [0.5, 0.6) is 0 Å². The third-order valence-corrected chi connectivity index (χ3v) is 3.26. The van der Waals surface area contributed by atoms with E-state index in [0.29, 0.717) is 12.1 Å². The number of nitrogens with zero attached hydrogens (tertiary/aromatic N) is 2. The van der Waals surface area contributed by atoms with Crippen molar-refractivity contribution in [3.63, 3.8) is 0 Å². The Kier molecular flexibility index (Phi) is 4.84. The lowest BCUT2D eigenvalue weighted by Gasteiger charge is -2.15. The quantitative estimate of drug-likeness (QED) is 0.878. The molecular weight excluding hydrogens is 260 g/mol. The molecule has 0 fully saturated rings. The largest absolute Gasteiger partial charge is 0.334 e. The maximum Gasteiger partial charge on any atom is 0.130 e. The average molecular weight is 279 g/mol. The van der Waals surface area contributed by atoms with Gasteiger partial charge in [0.05, 0.1) is 6.54 Å². The number of halogens is 2. The van der Waals surface area contributed by atoms with E-state index in [4.69, 9.17) is 0 Å². The molecule has 2 rings (SSSR count). The molecule has 0 aliphatic carbocycles. The minimum Gasteiger partial charge on any atom is -0.334 e. The van der Waals surface area contributed by atoms with Crippen molar-refractivity contribution in [2.75, 3.05) is 0 Å². The van der Waals surface area contributed by atoms with Crippen LogP contribution >= 0.6 is 0 Å². The van der Waals surface area contributed by atoms with Crippen molar-refractivity contribution in [2.45, 2.75) is 39.4 Å². The van der Waals surface area contributed by atoms with Crippen molar-refractivity contribution in [3.05, 3.63) is 53.6 Å². The van der Waals surface area contributed by atoms with Crippen LogP contribution in [0.15, 0.2) is 30.6 Å². The molecule has 0 amide bonds. The second kappa shape index (κ2) is 6.61. The smallest absolute Gasteiger partial charge is 0.130 e. The minimum absolute atomic E-state index is 0.206. The van der Waals surface area contributed by atoms with Crippen molar-refractivity contribution < 1.29 is 8.78 Å². The molecule has 20 heavy (non-hydrogen) atoms. The molecule has 2 aromatic rings. The third-order valence-electron chi connectivity index (χ3n) is 3.26. The zero-order valence-corrected chi connectivity index (χ0v) is 11.7. The number of rotatable bonds is 6. The Hall–Kier alpha value is -1.75. The molecular formula is C15H19F2N3. The molecule has 5 heteroatoms. The maximum absolute atomic E-state index is 13.7. The first-order chi connectivity index (χ1) is 9.61. The summed E-state index contributed by atoms with van der Waals surface area (Å²) >= 11 is 0. The van der Waals surface area contributed by atoms with Crippen LogP contribution < -0.4 is 5.32 Å². The van der Waals surface area contributed by atoms with Gasteiger partial charge in [0.1, 0.15) is 17.5 Å². The molecule has 0 saturated carbocycles. The molecule has 0 bridgehead atoms. The van der Waals surface area contributed by atoms with Crippen molar-refractivity contribution >= 4 is 0 Å². The summed E-state index contributed by atoms with van der Waals surface area (Å²) in [5.41, 5.74) is 0.458. The van der Waals surface area contributed by atoms with E-state index in [1.54, 1.807) is 6.20 Å². The highest BCUT2D eigenvalue weighted by Crippen LogP contribution is 2.18. The van der Waals surface area contributed by atoms with Crippen LogP contribution in [0, 0.1) is 11.6 Å². The first-order valence-electron chi connectivity index (χ1n) is 6.80. The highest BCUT2D eigenvalue weighted by atomic mass is 19.1. The van der Waals surface area contributed by atoms with Gasteiger partial charge >= 0.3 is 0 Å². The van der Waals surface area contributed by atoms with E-state index < -0.39 is 11.6 Å². The lowest BCUT2D eigenvalue weighted by molar-refractivity contribution is 0.500. The predicted molar refractivity (Wildman–Crippen MR) is 74.1 cm³/mol. The fourth-order valence-electron chi connectivity index (χ4n) is 2.16. The average Bonchev–Trinajstić information content (AvgIpc) is 2.84. The molecule has 0 radical (unpaired) electrons. The monoisotopic (exact) mass is 279 g/mol. The van der Waals surface area contributed by atoms with Crippen LogP contribution in [0.1, 0.15) is 37.7 Å². The summed E-state index contributed by atoms with van der Waals surface area (Å²) in [6, 6.07) is 3.45. The predicted octanol–water partition coefficient (Wildman–Crippen LogP) is 3.42. The number of hydrogen-bond acceptors (Lipinski definition) is 2. The van der Waals surface area contributed by atoms with Gasteiger partial charge in [0.15, 0.2) is 0 Å². The third kappa shape index (κ3) is 3.42. The number of hydrogen-bond donors (Lipinski definition) is 1. The second-order valence-corrected chi connectivity index (χ2v) is 4.81. The summed E-state index contributed by atoms with van der Waals surface area (Å²) in [5.74, 6) is -0.167. The normalized spacial score (nSPS) is 12.6. The highest BCUT2D eigenvalue weighted by Gasteiger charge is 2.12. The molecule has 1 atom stereocenters. The Morgan fingerprint density at radius 1 is 1.35 bits per heavy atom. The van der Waals surface area contributed by atoms with Crippen LogP contribution in [-0.2, 0) is 13.1 Å². The number of imidazole rings is 1. The first kappa shape index (κ1) is 14.7. The molecule has 1 heterocycles. The molecule has 0 aliphatic heterocycles. The van der Waals surface area contributed by atoms with Gasteiger partial charge in [-0.3, -0.25) is 0 Å². The zero-order chi connectivity index (χ0) is 14.5. The number of nitrogens with one attached hydrogen (secondary N) is 1. The summed E-state index contributed by atoms with van der Waals surface area (Å²) in [4.78, 5) is 4.28. The van der Waals surface area contributed by atoms with Crippen LogP contribution in [0.3, 0.4) is 0 Å². The molecule has 108 valence electrons. The van der Waals surface area contributed by atoms with E-state index >= 15 is 0 Å². The molecule has 0 saturated heterocycles. The Morgan fingerprint density at radius 2 is 2.15 bits per heavy atom. The Balaban J connectivity index is 2.01. The molecule has 1 unspecified atom stereocenters. The fraction of sp³-hybridized carbons (Fsp3) is 0.400. The number of benzene rings is 1. The van der Waals surface area contributed by atoms with E-state index in [1.165, 1.54) is 12.1 Å². The van der Waals surface area contributed by atoms with Gasteiger partial charge < -0.3 is 9.88 Å². The first-order valence-corrected chi connectivity index (χ1v) is 6.80. The standard InChI is InChI=1S/C15H19F2N3/c1-3-7-20-8-6-18-15(20)10-19-11(2)13-5-4-12(16)9-14(13)17/h4-6,8-9,11,19H,3,7,10H2,1-2H3. The second-order valence-electron chi connectivity index (χ2n) is 4.81. The van der Waals surface area contributed by atoms with Crippen LogP contribution in [0.4, 0.5) is 8.78 Å². The van der Waals surface area contributed by atoms with Crippen LogP contribution in [-0.4, -0.2) is 9.55 Å². The van der Waals surface area contributed by atoms with Crippen molar-refractivity contribution in [1.82, 2.24) is 14.9 Å². The summed E-state index contributed by atoms with van der Waals surface area (Å²) in [5, 5.41) is 3.21. The zero-order valence-electron chi connectivity index (χ0n) is 11.7. The Morgan fingerprint density at radius 3 is 2.85 bits per heavy atom.